The quantitative estimate of drug-likeness (QED) is 0.584. The zero-order valence-corrected chi connectivity index (χ0v) is 14.1. The van der Waals surface area contributed by atoms with Gasteiger partial charge in [0.15, 0.2) is 10.3 Å². The Morgan fingerprint density at radius 2 is 1.26 bits per heavy atom. The molecule has 0 unspecified atom stereocenters. The summed E-state index contributed by atoms with van der Waals surface area (Å²) in [5, 5.41) is 4.88. The summed E-state index contributed by atoms with van der Waals surface area (Å²) in [5.41, 5.74) is 1.72. The van der Waals surface area contributed by atoms with Crippen molar-refractivity contribution >= 4 is 53.4 Å². The maximum Gasteiger partial charge on any atom is 0.190 e. The number of anilines is 2. The standard InChI is InChI=1S/C16H13N3O2S2/c1-20-9-5-3-7-11-13(9)17-15(22-11)19-16-18-14-10(21-2)6-4-8-12(14)23-16/h3-8H,1-2H3,(H,17,18,19). The van der Waals surface area contributed by atoms with Crippen molar-refractivity contribution in [3.05, 3.63) is 36.4 Å². The molecule has 4 aromatic rings. The Kier molecular flexibility index (Phi) is 3.51. The summed E-state index contributed by atoms with van der Waals surface area (Å²) in [6.45, 7) is 0. The molecule has 2 heterocycles. The summed E-state index contributed by atoms with van der Waals surface area (Å²) in [4.78, 5) is 9.22. The number of fused-ring (bicyclic) bond motifs is 2. The molecule has 0 fully saturated rings. The first kappa shape index (κ1) is 14.2. The number of methoxy groups -OCH3 is 2. The van der Waals surface area contributed by atoms with Gasteiger partial charge in [-0.3, -0.25) is 0 Å². The van der Waals surface area contributed by atoms with Crippen molar-refractivity contribution in [1.82, 2.24) is 9.97 Å². The van der Waals surface area contributed by atoms with Crippen LogP contribution in [0.25, 0.3) is 20.4 Å². The molecule has 0 amide bonds. The first-order valence-electron chi connectivity index (χ1n) is 6.92. The number of benzene rings is 2. The van der Waals surface area contributed by atoms with Crippen molar-refractivity contribution in [3.63, 3.8) is 0 Å². The monoisotopic (exact) mass is 343 g/mol. The zero-order chi connectivity index (χ0) is 15.8. The molecule has 7 heteroatoms. The van der Waals surface area contributed by atoms with Gasteiger partial charge in [-0.2, -0.15) is 0 Å². The van der Waals surface area contributed by atoms with Gasteiger partial charge in [0.1, 0.15) is 22.5 Å². The molecule has 2 aromatic carbocycles. The van der Waals surface area contributed by atoms with E-state index in [1.54, 1.807) is 36.9 Å². The molecule has 0 radical (unpaired) electrons. The average molecular weight is 343 g/mol. The fourth-order valence-electron chi connectivity index (χ4n) is 2.37. The van der Waals surface area contributed by atoms with Gasteiger partial charge >= 0.3 is 0 Å². The first-order valence-corrected chi connectivity index (χ1v) is 8.56. The number of thiazole rings is 2. The highest BCUT2D eigenvalue weighted by Crippen LogP contribution is 2.37. The predicted molar refractivity (Wildman–Crippen MR) is 95.6 cm³/mol. The SMILES string of the molecule is COc1cccc2sc(Nc3nc4c(OC)cccc4s3)nc12. The van der Waals surface area contributed by atoms with Crippen LogP contribution in [0.5, 0.6) is 11.5 Å². The Morgan fingerprint density at radius 1 is 0.783 bits per heavy atom. The largest absolute Gasteiger partial charge is 0.494 e. The van der Waals surface area contributed by atoms with E-state index in [2.05, 4.69) is 15.3 Å². The molecule has 0 atom stereocenters. The van der Waals surface area contributed by atoms with Crippen LogP contribution in [0.2, 0.25) is 0 Å². The summed E-state index contributed by atoms with van der Waals surface area (Å²) in [6, 6.07) is 11.8. The number of hydrogen-bond donors (Lipinski definition) is 1. The van der Waals surface area contributed by atoms with Crippen LogP contribution in [0.4, 0.5) is 10.3 Å². The van der Waals surface area contributed by atoms with E-state index in [0.29, 0.717) is 0 Å². The highest BCUT2D eigenvalue weighted by atomic mass is 32.1. The van der Waals surface area contributed by atoms with Crippen molar-refractivity contribution in [2.24, 2.45) is 0 Å². The summed E-state index contributed by atoms with van der Waals surface area (Å²) in [5.74, 6) is 1.55. The number of ether oxygens (including phenoxy) is 2. The number of nitrogens with one attached hydrogen (secondary N) is 1. The van der Waals surface area contributed by atoms with Gasteiger partial charge < -0.3 is 14.8 Å². The third-order valence-corrected chi connectivity index (χ3v) is 5.29. The molecule has 23 heavy (non-hydrogen) atoms. The van der Waals surface area contributed by atoms with E-state index in [4.69, 9.17) is 9.47 Å². The summed E-state index contributed by atoms with van der Waals surface area (Å²) < 4.78 is 12.9. The average Bonchev–Trinajstić information content (AvgIpc) is 3.16. The lowest BCUT2D eigenvalue weighted by atomic mass is 10.3. The highest BCUT2D eigenvalue weighted by molar-refractivity contribution is 7.24. The number of para-hydroxylation sites is 2. The van der Waals surface area contributed by atoms with Crippen LogP contribution in [-0.4, -0.2) is 24.2 Å². The molecule has 0 spiro atoms. The molecule has 116 valence electrons. The van der Waals surface area contributed by atoms with Crippen molar-refractivity contribution in [1.29, 1.82) is 0 Å². The summed E-state index contributed by atoms with van der Waals surface area (Å²) in [7, 11) is 3.31. The summed E-state index contributed by atoms with van der Waals surface area (Å²) >= 11 is 3.15. The molecule has 0 aliphatic rings. The second-order valence-electron chi connectivity index (χ2n) is 4.78. The molecule has 0 aliphatic carbocycles. The van der Waals surface area contributed by atoms with Crippen LogP contribution < -0.4 is 14.8 Å². The van der Waals surface area contributed by atoms with Gasteiger partial charge in [-0.15, -0.1) is 0 Å². The first-order chi connectivity index (χ1) is 11.3. The van der Waals surface area contributed by atoms with E-state index < -0.39 is 0 Å². The number of aromatic nitrogens is 2. The number of rotatable bonds is 4. The van der Waals surface area contributed by atoms with Crippen LogP contribution in [0.15, 0.2) is 36.4 Å². The number of hydrogen-bond acceptors (Lipinski definition) is 7. The lowest BCUT2D eigenvalue weighted by Crippen LogP contribution is -1.89. The fourth-order valence-corrected chi connectivity index (χ4v) is 4.20. The van der Waals surface area contributed by atoms with Crippen LogP contribution in [0.3, 0.4) is 0 Å². The van der Waals surface area contributed by atoms with Crippen LogP contribution in [0.1, 0.15) is 0 Å². The topological polar surface area (TPSA) is 56.3 Å². The van der Waals surface area contributed by atoms with E-state index in [9.17, 15) is 0 Å². The van der Waals surface area contributed by atoms with Gasteiger partial charge in [0.05, 0.1) is 23.6 Å². The molecule has 4 rings (SSSR count). The minimum Gasteiger partial charge on any atom is -0.494 e. The van der Waals surface area contributed by atoms with Gasteiger partial charge in [0.25, 0.3) is 0 Å². The molecule has 0 aliphatic heterocycles. The normalized spacial score (nSPS) is 11.0. The van der Waals surface area contributed by atoms with Crippen LogP contribution >= 0.6 is 22.7 Å². The smallest absolute Gasteiger partial charge is 0.190 e. The molecule has 2 aromatic heterocycles. The Morgan fingerprint density at radius 3 is 1.70 bits per heavy atom. The lowest BCUT2D eigenvalue weighted by molar-refractivity contribution is 0.419. The van der Waals surface area contributed by atoms with E-state index in [0.717, 1.165) is 42.2 Å². The lowest BCUT2D eigenvalue weighted by Gasteiger charge is -1.98. The minimum atomic E-state index is 0.776. The molecule has 5 nitrogen and oxygen atoms in total. The highest BCUT2D eigenvalue weighted by Gasteiger charge is 2.12. The maximum absolute atomic E-state index is 5.36. The number of nitrogens with zero attached hydrogens (tertiary/aromatic N) is 2. The Labute approximate surface area is 140 Å². The second kappa shape index (κ2) is 5.68. The van der Waals surface area contributed by atoms with Gasteiger partial charge in [-0.1, -0.05) is 34.8 Å². The Bertz CT molecular complexity index is 913. The maximum atomic E-state index is 5.36. The van der Waals surface area contributed by atoms with Crippen molar-refractivity contribution in [2.75, 3.05) is 19.5 Å². The van der Waals surface area contributed by atoms with Gasteiger partial charge in [0.2, 0.25) is 0 Å². The van der Waals surface area contributed by atoms with E-state index in [1.807, 2.05) is 36.4 Å². The third-order valence-electron chi connectivity index (χ3n) is 3.42. The second-order valence-corrected chi connectivity index (χ2v) is 6.84. The van der Waals surface area contributed by atoms with Crippen molar-refractivity contribution in [2.45, 2.75) is 0 Å². The van der Waals surface area contributed by atoms with Gasteiger partial charge in [-0.25, -0.2) is 9.97 Å². The van der Waals surface area contributed by atoms with Gasteiger partial charge in [0, 0.05) is 0 Å². The van der Waals surface area contributed by atoms with E-state index >= 15 is 0 Å². The van der Waals surface area contributed by atoms with E-state index in [1.165, 1.54) is 0 Å². The third kappa shape index (κ3) is 2.47. The van der Waals surface area contributed by atoms with Crippen LogP contribution in [-0.2, 0) is 0 Å². The van der Waals surface area contributed by atoms with E-state index in [-0.39, 0.29) is 0 Å². The predicted octanol–water partition coefficient (Wildman–Crippen LogP) is 4.67. The molecule has 0 bridgehead atoms. The zero-order valence-electron chi connectivity index (χ0n) is 12.5. The Hall–Kier alpha value is -2.38. The minimum absolute atomic E-state index is 0.776. The molecule has 0 saturated carbocycles. The van der Waals surface area contributed by atoms with Crippen molar-refractivity contribution < 1.29 is 9.47 Å². The van der Waals surface area contributed by atoms with Gasteiger partial charge in [-0.05, 0) is 24.3 Å². The molecular formula is C16H13N3O2S2. The molecular weight excluding hydrogens is 330 g/mol. The molecule has 1 N–H and O–H groups in total. The summed E-state index contributed by atoms with van der Waals surface area (Å²) in [6.07, 6.45) is 0. The Balaban J connectivity index is 1.73. The van der Waals surface area contributed by atoms with Crippen molar-refractivity contribution in [3.8, 4) is 11.5 Å². The molecule has 0 saturated heterocycles. The fraction of sp³-hybridized carbons (Fsp3) is 0.125. The van der Waals surface area contributed by atoms with Crippen LogP contribution in [0, 0.1) is 0 Å².